The molecule has 0 aliphatic carbocycles. The highest BCUT2D eigenvalue weighted by Crippen LogP contribution is 2.31. The molecule has 2 bridgehead atoms. The minimum atomic E-state index is -3.52. The SMILES string of the molecule is CN(C)S(=O)(=O)N1C[C@H]2CC[C@@H](C1)N(C(=O)c1ccccc1F)C2. The fraction of sp³-hybridized carbons (Fsp3) is 0.562. The molecule has 0 saturated carbocycles. The van der Waals surface area contributed by atoms with Gasteiger partial charge in [0.15, 0.2) is 0 Å². The van der Waals surface area contributed by atoms with E-state index in [1.165, 1.54) is 34.8 Å². The predicted molar refractivity (Wildman–Crippen MR) is 88.1 cm³/mol. The van der Waals surface area contributed by atoms with E-state index in [2.05, 4.69) is 0 Å². The third kappa shape index (κ3) is 3.05. The largest absolute Gasteiger partial charge is 0.334 e. The molecule has 0 N–H and O–H groups in total. The van der Waals surface area contributed by atoms with Crippen LogP contribution in [0.1, 0.15) is 23.2 Å². The molecule has 6 nitrogen and oxygen atoms in total. The van der Waals surface area contributed by atoms with Crippen molar-refractivity contribution in [3.8, 4) is 0 Å². The van der Waals surface area contributed by atoms with Crippen LogP contribution in [0.3, 0.4) is 0 Å². The van der Waals surface area contributed by atoms with Crippen LogP contribution in [0.5, 0.6) is 0 Å². The Morgan fingerprint density at radius 3 is 2.54 bits per heavy atom. The van der Waals surface area contributed by atoms with Gasteiger partial charge in [0.25, 0.3) is 16.1 Å². The highest BCUT2D eigenvalue weighted by Gasteiger charge is 2.41. The Kier molecular flexibility index (Phi) is 4.63. The highest BCUT2D eigenvalue weighted by atomic mass is 32.2. The number of carbonyl (C=O) groups excluding carboxylic acids is 1. The van der Waals surface area contributed by atoms with E-state index in [-0.39, 0.29) is 30.0 Å². The zero-order valence-corrected chi connectivity index (χ0v) is 14.7. The third-order valence-corrected chi connectivity index (χ3v) is 6.71. The first-order chi connectivity index (χ1) is 11.3. The van der Waals surface area contributed by atoms with E-state index >= 15 is 0 Å². The summed E-state index contributed by atoms with van der Waals surface area (Å²) in [5, 5.41) is 0. The highest BCUT2D eigenvalue weighted by molar-refractivity contribution is 7.86. The molecule has 1 aromatic carbocycles. The maximum atomic E-state index is 14.0. The molecular weight excluding hydrogens is 333 g/mol. The minimum Gasteiger partial charge on any atom is -0.334 e. The third-order valence-electron chi connectivity index (χ3n) is 4.83. The molecule has 3 fully saturated rings. The van der Waals surface area contributed by atoms with E-state index < -0.39 is 16.0 Å². The summed E-state index contributed by atoms with van der Waals surface area (Å²) in [5.41, 5.74) is 0.0482. The van der Waals surface area contributed by atoms with Gasteiger partial charge in [-0.25, -0.2) is 4.39 Å². The maximum Gasteiger partial charge on any atom is 0.281 e. The van der Waals surface area contributed by atoms with Crippen LogP contribution >= 0.6 is 0 Å². The monoisotopic (exact) mass is 355 g/mol. The van der Waals surface area contributed by atoms with Crippen LogP contribution in [-0.2, 0) is 10.2 Å². The van der Waals surface area contributed by atoms with Crippen LogP contribution in [-0.4, -0.2) is 67.6 Å². The van der Waals surface area contributed by atoms with Gasteiger partial charge in [-0.1, -0.05) is 12.1 Å². The molecule has 0 radical (unpaired) electrons. The van der Waals surface area contributed by atoms with Crippen molar-refractivity contribution in [2.24, 2.45) is 5.92 Å². The van der Waals surface area contributed by atoms with Gasteiger partial charge in [-0.05, 0) is 30.9 Å². The second-order valence-electron chi connectivity index (χ2n) is 6.64. The van der Waals surface area contributed by atoms with Crippen LogP contribution in [0.2, 0.25) is 0 Å². The van der Waals surface area contributed by atoms with Crippen molar-refractivity contribution in [2.75, 3.05) is 33.7 Å². The normalized spacial score (nSPS) is 25.1. The Balaban J connectivity index is 1.87. The summed E-state index contributed by atoms with van der Waals surface area (Å²) in [7, 11) is -0.508. The van der Waals surface area contributed by atoms with Gasteiger partial charge < -0.3 is 4.90 Å². The molecule has 2 atom stereocenters. The van der Waals surface area contributed by atoms with Gasteiger partial charge in [0.05, 0.1) is 5.56 Å². The van der Waals surface area contributed by atoms with Gasteiger partial charge in [-0.2, -0.15) is 17.0 Å². The van der Waals surface area contributed by atoms with Crippen molar-refractivity contribution in [3.63, 3.8) is 0 Å². The number of hydrogen-bond acceptors (Lipinski definition) is 3. The lowest BCUT2D eigenvalue weighted by Gasteiger charge is -2.36. The molecule has 0 aromatic heterocycles. The van der Waals surface area contributed by atoms with Crippen molar-refractivity contribution < 1.29 is 17.6 Å². The molecule has 0 spiro atoms. The van der Waals surface area contributed by atoms with E-state index in [9.17, 15) is 17.6 Å². The van der Waals surface area contributed by atoms with Gasteiger partial charge >= 0.3 is 0 Å². The van der Waals surface area contributed by atoms with Crippen molar-refractivity contribution in [1.29, 1.82) is 0 Å². The standard InChI is InChI=1S/C16H22FN3O3S/c1-18(2)24(22,23)19-9-12-7-8-13(11-19)20(10-12)16(21)14-5-3-4-6-15(14)17/h3-6,12-13H,7-11H2,1-2H3/t12-,13+/m1/s1. The number of hydrogen-bond donors (Lipinski definition) is 0. The molecule has 4 rings (SSSR count). The van der Waals surface area contributed by atoms with Gasteiger partial charge in [0.2, 0.25) is 0 Å². The Morgan fingerprint density at radius 2 is 1.88 bits per heavy atom. The summed E-state index contributed by atoms with van der Waals surface area (Å²) in [4.78, 5) is 14.4. The summed E-state index contributed by atoms with van der Waals surface area (Å²) < 4.78 is 41.5. The van der Waals surface area contributed by atoms with Crippen LogP contribution in [0, 0.1) is 11.7 Å². The average Bonchev–Trinajstić information content (AvgIpc) is 2.87. The first-order valence-electron chi connectivity index (χ1n) is 8.04. The summed E-state index contributed by atoms with van der Waals surface area (Å²) >= 11 is 0. The van der Waals surface area contributed by atoms with Crippen LogP contribution in [0.15, 0.2) is 24.3 Å². The number of nitrogens with zero attached hydrogens (tertiary/aromatic N) is 3. The maximum absolute atomic E-state index is 14.0. The number of rotatable bonds is 3. The molecule has 3 aliphatic heterocycles. The van der Waals surface area contributed by atoms with E-state index in [4.69, 9.17) is 0 Å². The second-order valence-corrected chi connectivity index (χ2v) is 8.78. The fourth-order valence-electron chi connectivity index (χ4n) is 3.50. The molecule has 1 aromatic rings. The number of fused-ring (bicyclic) bond motifs is 4. The van der Waals surface area contributed by atoms with Crippen molar-refractivity contribution in [2.45, 2.75) is 18.9 Å². The molecule has 24 heavy (non-hydrogen) atoms. The molecule has 1 amide bonds. The van der Waals surface area contributed by atoms with Crippen LogP contribution < -0.4 is 0 Å². The first-order valence-corrected chi connectivity index (χ1v) is 9.43. The summed E-state index contributed by atoms with van der Waals surface area (Å²) in [6.45, 7) is 1.13. The van der Waals surface area contributed by atoms with Crippen LogP contribution in [0.4, 0.5) is 4.39 Å². The van der Waals surface area contributed by atoms with E-state index in [0.29, 0.717) is 13.1 Å². The molecule has 0 unspecified atom stereocenters. The molecule has 3 heterocycles. The Labute approximate surface area is 142 Å². The Bertz CT molecular complexity index is 738. The minimum absolute atomic E-state index is 0.0482. The lowest BCUT2D eigenvalue weighted by molar-refractivity contribution is 0.0584. The number of piperidine rings is 1. The van der Waals surface area contributed by atoms with Gasteiger partial charge in [-0.15, -0.1) is 0 Å². The zero-order chi connectivity index (χ0) is 17.5. The summed E-state index contributed by atoms with van der Waals surface area (Å²) in [6, 6.07) is 5.71. The number of amides is 1. The molecule has 3 aliphatic rings. The smallest absolute Gasteiger partial charge is 0.281 e. The summed E-state index contributed by atoms with van der Waals surface area (Å²) in [5.74, 6) is -0.818. The lowest BCUT2D eigenvalue weighted by Crippen LogP contribution is -2.48. The molecule has 8 heteroatoms. The number of halogens is 1. The topological polar surface area (TPSA) is 60.9 Å². The lowest BCUT2D eigenvalue weighted by atomic mass is 9.94. The molecule has 132 valence electrons. The van der Waals surface area contributed by atoms with Crippen molar-refractivity contribution in [3.05, 3.63) is 35.6 Å². The predicted octanol–water partition coefficient (Wildman–Crippen LogP) is 1.17. The average molecular weight is 355 g/mol. The molecular formula is C16H22FN3O3S. The zero-order valence-electron chi connectivity index (χ0n) is 13.9. The summed E-state index contributed by atoms with van der Waals surface area (Å²) in [6.07, 6.45) is 1.62. The first kappa shape index (κ1) is 17.3. The second kappa shape index (κ2) is 6.42. The van der Waals surface area contributed by atoms with E-state index in [0.717, 1.165) is 12.8 Å². The fourth-order valence-corrected chi connectivity index (χ4v) is 4.72. The van der Waals surface area contributed by atoms with Gasteiger partial charge in [-0.3, -0.25) is 4.79 Å². The number of benzene rings is 1. The van der Waals surface area contributed by atoms with E-state index in [1.54, 1.807) is 17.0 Å². The van der Waals surface area contributed by atoms with Gasteiger partial charge in [0.1, 0.15) is 5.82 Å². The van der Waals surface area contributed by atoms with Crippen molar-refractivity contribution >= 4 is 16.1 Å². The number of carbonyl (C=O) groups is 1. The Morgan fingerprint density at radius 1 is 1.17 bits per heavy atom. The molecule has 3 saturated heterocycles. The quantitative estimate of drug-likeness (QED) is 0.818. The van der Waals surface area contributed by atoms with E-state index in [1.807, 2.05) is 0 Å². The van der Waals surface area contributed by atoms with Crippen molar-refractivity contribution in [1.82, 2.24) is 13.5 Å². The Hall–Kier alpha value is -1.51. The van der Waals surface area contributed by atoms with Crippen LogP contribution in [0.25, 0.3) is 0 Å². The van der Waals surface area contributed by atoms with Gasteiger partial charge in [0, 0.05) is 39.8 Å².